The van der Waals surface area contributed by atoms with Crippen molar-refractivity contribution in [2.24, 2.45) is 10.8 Å². The van der Waals surface area contributed by atoms with Gasteiger partial charge in [0.15, 0.2) is 12.4 Å². The van der Waals surface area contributed by atoms with Crippen LogP contribution in [0.2, 0.25) is 0 Å². The molecule has 1 unspecified atom stereocenters. The number of pyridine rings is 1. The number of halogens is 1. The smallest absolute Gasteiger partial charge is 0.169 e. The number of aromatic nitrogens is 1. The molecule has 140 valence electrons. The Hall–Kier alpha value is -1.72. The van der Waals surface area contributed by atoms with Crippen LogP contribution in [0.25, 0.3) is 0 Å². The van der Waals surface area contributed by atoms with Gasteiger partial charge in [0.25, 0.3) is 0 Å². The fourth-order valence-electron chi connectivity index (χ4n) is 2.66. The van der Waals surface area contributed by atoms with Gasteiger partial charge in [-0.05, 0) is 25.0 Å². The first-order valence-electron chi connectivity index (χ1n) is 9.44. The first-order valence-corrected chi connectivity index (χ1v) is 10.4. The predicted molar refractivity (Wildman–Crippen MR) is 114 cm³/mol. The lowest BCUT2D eigenvalue weighted by Crippen LogP contribution is -2.32. The molecular formula is C21H30BrN4+. The van der Waals surface area contributed by atoms with Gasteiger partial charge in [-0.25, -0.2) is 4.57 Å². The van der Waals surface area contributed by atoms with Crippen molar-refractivity contribution in [1.82, 2.24) is 0 Å². The van der Waals surface area contributed by atoms with E-state index in [-0.39, 0.29) is 4.95 Å². The summed E-state index contributed by atoms with van der Waals surface area (Å²) in [5, 5.41) is 6.67. The van der Waals surface area contributed by atoms with Crippen molar-refractivity contribution in [3.8, 4) is 0 Å². The molecule has 0 aliphatic carbocycles. The molecule has 0 saturated carbocycles. The van der Waals surface area contributed by atoms with E-state index in [2.05, 4.69) is 69.2 Å². The molecule has 1 heterocycles. The maximum Gasteiger partial charge on any atom is 0.169 e. The monoisotopic (exact) mass is 417 g/mol. The normalized spacial score (nSPS) is 12.4. The Morgan fingerprint density at radius 2 is 1.85 bits per heavy atom. The highest BCUT2D eigenvalue weighted by molar-refractivity contribution is 9.09. The van der Waals surface area contributed by atoms with Crippen molar-refractivity contribution in [2.75, 3.05) is 11.6 Å². The second kappa shape index (κ2) is 11.8. The van der Waals surface area contributed by atoms with E-state index in [0.29, 0.717) is 0 Å². The molecule has 2 N–H and O–H groups in total. The van der Waals surface area contributed by atoms with Crippen molar-refractivity contribution in [3.05, 3.63) is 60.4 Å². The van der Waals surface area contributed by atoms with E-state index < -0.39 is 0 Å². The number of benzene rings is 1. The van der Waals surface area contributed by atoms with Crippen molar-refractivity contribution in [2.45, 2.75) is 50.5 Å². The van der Waals surface area contributed by atoms with E-state index in [1.807, 2.05) is 29.4 Å². The van der Waals surface area contributed by atoms with E-state index in [0.717, 1.165) is 30.8 Å². The number of anilines is 1. The molecule has 5 heteroatoms. The molecule has 1 aromatic heterocycles. The molecule has 2 rings (SSSR count). The number of hydrogen-bond donors (Lipinski definition) is 1. The largest absolute Gasteiger partial charge is 0.319 e. The van der Waals surface area contributed by atoms with E-state index in [1.165, 1.54) is 25.7 Å². The number of nitrogens with zero attached hydrogens (tertiary/aromatic N) is 3. The predicted octanol–water partition coefficient (Wildman–Crippen LogP) is 4.46. The Balaban J connectivity index is 1.97. The Bertz CT molecular complexity index is 641. The van der Waals surface area contributed by atoms with E-state index in [9.17, 15) is 0 Å². The van der Waals surface area contributed by atoms with Gasteiger partial charge < -0.3 is 5.73 Å². The molecule has 4 nitrogen and oxygen atoms in total. The lowest BCUT2D eigenvalue weighted by molar-refractivity contribution is -0.697. The fourth-order valence-corrected chi connectivity index (χ4v) is 2.87. The number of nitrogens with two attached hydrogens (primary N) is 1. The minimum atomic E-state index is -0.0210. The van der Waals surface area contributed by atoms with Gasteiger partial charge in [-0.2, -0.15) is 5.10 Å². The van der Waals surface area contributed by atoms with Crippen LogP contribution >= 0.6 is 15.9 Å². The van der Waals surface area contributed by atoms with Crippen LogP contribution in [-0.2, 0) is 6.54 Å². The lowest BCUT2D eigenvalue weighted by atomic mass is 10.2. The van der Waals surface area contributed by atoms with Crippen LogP contribution in [0.15, 0.2) is 60.0 Å². The number of rotatable bonds is 11. The number of unbranched alkanes of at least 4 members (excludes halogenated alkanes) is 3. The molecule has 26 heavy (non-hydrogen) atoms. The van der Waals surface area contributed by atoms with Crippen LogP contribution < -0.4 is 15.3 Å². The number of hydrazone groups is 1. The summed E-state index contributed by atoms with van der Waals surface area (Å²) in [6.07, 6.45) is 12.1. The molecule has 0 amide bonds. The second-order valence-corrected chi connectivity index (χ2v) is 7.61. The topological polar surface area (TPSA) is 45.5 Å². The first-order chi connectivity index (χ1) is 12.7. The molecule has 0 aliphatic rings. The highest BCUT2D eigenvalue weighted by atomic mass is 79.9. The summed E-state index contributed by atoms with van der Waals surface area (Å²) in [5.41, 5.74) is 8.00. The van der Waals surface area contributed by atoms with Crippen molar-refractivity contribution in [3.63, 3.8) is 0 Å². The third-order valence-electron chi connectivity index (χ3n) is 4.20. The zero-order chi connectivity index (χ0) is 18.6. The van der Waals surface area contributed by atoms with Gasteiger partial charge in [-0.15, -0.1) is 0 Å². The van der Waals surface area contributed by atoms with Gasteiger partial charge in [-0.3, -0.25) is 5.01 Å². The van der Waals surface area contributed by atoms with Crippen LogP contribution in [0, 0.1) is 0 Å². The Morgan fingerprint density at radius 3 is 2.50 bits per heavy atom. The summed E-state index contributed by atoms with van der Waals surface area (Å²) in [4.78, 5) is -0.0210. The minimum absolute atomic E-state index is 0.0210. The molecule has 0 fully saturated rings. The Morgan fingerprint density at radius 1 is 1.12 bits per heavy atom. The van der Waals surface area contributed by atoms with Crippen LogP contribution in [0.5, 0.6) is 0 Å². The summed E-state index contributed by atoms with van der Waals surface area (Å²) >= 11 is 3.41. The molecule has 1 aromatic carbocycles. The van der Waals surface area contributed by atoms with E-state index in [1.54, 1.807) is 0 Å². The van der Waals surface area contributed by atoms with Gasteiger partial charge in [-0.1, -0.05) is 53.9 Å². The molecule has 2 aromatic rings. The second-order valence-electron chi connectivity index (χ2n) is 6.44. The molecule has 0 aliphatic heterocycles. The number of para-hydroxylation sites is 1. The van der Waals surface area contributed by atoms with Gasteiger partial charge in [0.2, 0.25) is 0 Å². The standard InChI is InChI=1S/C21H30BrN4/c1-2-3-4-8-14-25-15-11-19(12-16-25)18-24-26(17-13-21(22)23)20-9-6-5-7-10-20/h5-7,9-12,15-16,18,21H,2-4,8,13-14,17,23H2,1H3/q+1. The summed E-state index contributed by atoms with van der Waals surface area (Å²) in [6, 6.07) is 14.4. The highest BCUT2D eigenvalue weighted by Crippen LogP contribution is 2.15. The zero-order valence-electron chi connectivity index (χ0n) is 15.6. The molecule has 0 bridgehead atoms. The third kappa shape index (κ3) is 7.67. The van der Waals surface area contributed by atoms with Crippen LogP contribution in [0.1, 0.15) is 44.6 Å². The number of alkyl halides is 1. The summed E-state index contributed by atoms with van der Waals surface area (Å²) in [7, 11) is 0. The SMILES string of the molecule is CCCCCC[n+]1ccc(/C=N/N(CCC(N)Br)c2ccccc2)cc1. The summed E-state index contributed by atoms with van der Waals surface area (Å²) in [6.45, 7) is 4.08. The summed E-state index contributed by atoms with van der Waals surface area (Å²) in [5.74, 6) is 0. The molecule has 0 spiro atoms. The molecule has 1 atom stereocenters. The van der Waals surface area contributed by atoms with Gasteiger partial charge >= 0.3 is 0 Å². The van der Waals surface area contributed by atoms with Crippen molar-refractivity contribution >= 4 is 27.8 Å². The van der Waals surface area contributed by atoms with E-state index >= 15 is 0 Å². The van der Waals surface area contributed by atoms with Crippen molar-refractivity contribution < 1.29 is 4.57 Å². The van der Waals surface area contributed by atoms with Gasteiger partial charge in [0.05, 0.1) is 16.9 Å². The average molecular weight is 418 g/mol. The molecular weight excluding hydrogens is 388 g/mol. The van der Waals surface area contributed by atoms with Crippen LogP contribution in [0.3, 0.4) is 0 Å². The Kier molecular flexibility index (Phi) is 9.35. The maximum atomic E-state index is 5.84. The number of aryl methyl sites for hydroxylation is 1. The summed E-state index contributed by atoms with van der Waals surface area (Å²) < 4.78 is 2.24. The molecule has 0 saturated heterocycles. The molecule has 0 radical (unpaired) electrons. The first kappa shape index (κ1) is 20.6. The third-order valence-corrected chi connectivity index (χ3v) is 4.66. The minimum Gasteiger partial charge on any atom is -0.319 e. The van der Waals surface area contributed by atoms with Crippen molar-refractivity contribution in [1.29, 1.82) is 0 Å². The van der Waals surface area contributed by atoms with E-state index in [4.69, 9.17) is 5.73 Å². The maximum absolute atomic E-state index is 5.84. The van der Waals surface area contributed by atoms with Gasteiger partial charge in [0, 0.05) is 30.7 Å². The fraction of sp³-hybridized carbons (Fsp3) is 0.429. The van der Waals surface area contributed by atoms with Gasteiger partial charge in [0.1, 0.15) is 6.54 Å². The average Bonchev–Trinajstić information content (AvgIpc) is 2.67. The zero-order valence-corrected chi connectivity index (χ0v) is 17.2. The van der Waals surface area contributed by atoms with Crippen LogP contribution in [-0.4, -0.2) is 17.7 Å². The lowest BCUT2D eigenvalue weighted by Gasteiger charge is -2.19. The highest BCUT2D eigenvalue weighted by Gasteiger charge is 2.06. The quantitative estimate of drug-likeness (QED) is 0.146. The Labute approximate surface area is 165 Å². The number of hydrogen-bond acceptors (Lipinski definition) is 3. The van der Waals surface area contributed by atoms with Crippen LogP contribution in [0.4, 0.5) is 5.69 Å².